The lowest BCUT2D eigenvalue weighted by Gasteiger charge is -2.27. The van der Waals surface area contributed by atoms with Crippen LogP contribution in [0.4, 0.5) is 11.4 Å². The van der Waals surface area contributed by atoms with Gasteiger partial charge in [0.25, 0.3) is 0 Å². The minimum absolute atomic E-state index is 0.0682. The summed E-state index contributed by atoms with van der Waals surface area (Å²) >= 11 is 0. The average Bonchev–Trinajstić information content (AvgIpc) is 3.35. The van der Waals surface area contributed by atoms with Gasteiger partial charge in [0, 0.05) is 50.8 Å². The highest BCUT2D eigenvalue weighted by Gasteiger charge is 2.38. The molecule has 7 heteroatoms. The third-order valence-electron chi connectivity index (χ3n) is 5.84. The highest BCUT2D eigenvalue weighted by molar-refractivity contribution is 6.39. The molecule has 3 amide bonds. The monoisotopic (exact) mass is 407 g/mol. The largest absolute Gasteiger partial charge is 0.376 e. The number of nitrogens with zero attached hydrogens (tertiary/aromatic N) is 1. The van der Waals surface area contributed by atoms with Crippen molar-refractivity contribution in [1.82, 2.24) is 5.32 Å². The van der Waals surface area contributed by atoms with Gasteiger partial charge in [0.2, 0.25) is 5.91 Å². The summed E-state index contributed by atoms with van der Waals surface area (Å²) in [6.07, 6.45) is 2.73. The highest BCUT2D eigenvalue weighted by atomic mass is 16.5. The van der Waals surface area contributed by atoms with Crippen LogP contribution in [0.25, 0.3) is 0 Å². The normalized spacial score (nSPS) is 17.0. The van der Waals surface area contributed by atoms with Crippen molar-refractivity contribution in [3.63, 3.8) is 0 Å². The van der Waals surface area contributed by atoms with E-state index in [1.54, 1.807) is 30.2 Å². The van der Waals surface area contributed by atoms with E-state index in [1.807, 2.05) is 18.2 Å². The first-order valence-electron chi connectivity index (χ1n) is 10.1. The smallest absolute Gasteiger partial charge is 0.313 e. The van der Waals surface area contributed by atoms with Gasteiger partial charge in [0.1, 0.15) is 0 Å². The molecule has 1 aliphatic heterocycles. The minimum atomic E-state index is -0.748. The van der Waals surface area contributed by atoms with Gasteiger partial charge in [-0.1, -0.05) is 30.3 Å². The average molecular weight is 407 g/mol. The van der Waals surface area contributed by atoms with Crippen LogP contribution in [0.2, 0.25) is 0 Å². The first kappa shape index (κ1) is 20.1. The zero-order valence-electron chi connectivity index (χ0n) is 16.9. The molecule has 2 aromatic rings. The van der Waals surface area contributed by atoms with Gasteiger partial charge in [-0.25, -0.2) is 0 Å². The maximum atomic E-state index is 12.4. The third-order valence-corrected chi connectivity index (χ3v) is 5.84. The topological polar surface area (TPSA) is 87.7 Å². The van der Waals surface area contributed by atoms with Crippen LogP contribution in [0.1, 0.15) is 24.0 Å². The Kier molecular flexibility index (Phi) is 5.55. The second-order valence-corrected chi connectivity index (χ2v) is 7.85. The van der Waals surface area contributed by atoms with Crippen LogP contribution in [0.5, 0.6) is 0 Å². The first-order valence-corrected chi connectivity index (χ1v) is 10.1. The Balaban J connectivity index is 1.35. The predicted octanol–water partition coefficient (Wildman–Crippen LogP) is 2.05. The van der Waals surface area contributed by atoms with Crippen molar-refractivity contribution in [2.45, 2.75) is 31.3 Å². The Hall–Kier alpha value is -3.19. The Morgan fingerprint density at radius 2 is 1.80 bits per heavy atom. The summed E-state index contributed by atoms with van der Waals surface area (Å²) in [4.78, 5) is 38.4. The van der Waals surface area contributed by atoms with Crippen molar-refractivity contribution >= 4 is 29.1 Å². The summed E-state index contributed by atoms with van der Waals surface area (Å²) in [6, 6.07) is 15.1. The Morgan fingerprint density at radius 3 is 2.43 bits per heavy atom. The second kappa shape index (κ2) is 8.28. The number of hydrogen-bond acceptors (Lipinski definition) is 4. The molecule has 1 saturated heterocycles. The van der Waals surface area contributed by atoms with E-state index in [4.69, 9.17) is 4.74 Å². The molecule has 156 valence electrons. The summed E-state index contributed by atoms with van der Waals surface area (Å²) in [7, 11) is 1.63. The standard InChI is InChI=1S/C23H25N3O4/c1-30-23(13-16-6-2-3-7-17(16)14-23)15-24-21(28)22(29)25-18-8-4-9-19(12-18)26-11-5-10-20(26)27/h2-4,6-9,12H,5,10-11,13-15H2,1H3,(H,24,28)(H,25,29). The van der Waals surface area contributed by atoms with E-state index < -0.39 is 17.4 Å². The van der Waals surface area contributed by atoms with Crippen molar-refractivity contribution in [1.29, 1.82) is 0 Å². The Labute approximate surface area is 175 Å². The van der Waals surface area contributed by atoms with E-state index in [2.05, 4.69) is 22.8 Å². The molecule has 0 radical (unpaired) electrons. The van der Waals surface area contributed by atoms with Crippen molar-refractivity contribution in [3.05, 3.63) is 59.7 Å². The van der Waals surface area contributed by atoms with Crippen molar-refractivity contribution in [3.8, 4) is 0 Å². The van der Waals surface area contributed by atoms with Gasteiger partial charge in [-0.05, 0) is 35.7 Å². The maximum Gasteiger partial charge on any atom is 0.313 e. The van der Waals surface area contributed by atoms with Crippen LogP contribution in [0.3, 0.4) is 0 Å². The molecule has 2 N–H and O–H groups in total. The number of amides is 3. The Bertz CT molecular complexity index is 963. The molecular weight excluding hydrogens is 382 g/mol. The highest BCUT2D eigenvalue weighted by Crippen LogP contribution is 2.32. The number of benzene rings is 2. The van der Waals surface area contributed by atoms with E-state index in [0.717, 1.165) is 12.1 Å². The van der Waals surface area contributed by atoms with Gasteiger partial charge < -0.3 is 20.3 Å². The van der Waals surface area contributed by atoms with Crippen LogP contribution in [-0.2, 0) is 32.0 Å². The number of carbonyl (C=O) groups excluding carboxylic acids is 3. The lowest BCUT2D eigenvalue weighted by molar-refractivity contribution is -0.137. The van der Waals surface area contributed by atoms with E-state index in [0.29, 0.717) is 31.5 Å². The van der Waals surface area contributed by atoms with Crippen LogP contribution in [0.15, 0.2) is 48.5 Å². The summed E-state index contributed by atoms with van der Waals surface area (Å²) in [5.74, 6) is -1.40. The predicted molar refractivity (Wildman–Crippen MR) is 113 cm³/mol. The summed E-state index contributed by atoms with van der Waals surface area (Å²) in [6.45, 7) is 0.908. The van der Waals surface area contributed by atoms with Gasteiger partial charge in [-0.15, -0.1) is 0 Å². The number of hydrogen-bond donors (Lipinski definition) is 2. The molecule has 30 heavy (non-hydrogen) atoms. The lowest BCUT2D eigenvalue weighted by Crippen LogP contribution is -2.48. The van der Waals surface area contributed by atoms with Gasteiger partial charge in [0.15, 0.2) is 0 Å². The zero-order valence-corrected chi connectivity index (χ0v) is 16.9. The molecule has 2 aromatic carbocycles. The van der Waals surface area contributed by atoms with Crippen molar-refractivity contribution in [2.24, 2.45) is 0 Å². The van der Waals surface area contributed by atoms with Crippen LogP contribution >= 0.6 is 0 Å². The van der Waals surface area contributed by atoms with Crippen LogP contribution in [0, 0.1) is 0 Å². The van der Waals surface area contributed by atoms with Gasteiger partial charge >= 0.3 is 11.8 Å². The molecule has 1 aliphatic carbocycles. The van der Waals surface area contributed by atoms with E-state index in [1.165, 1.54) is 11.1 Å². The number of carbonyl (C=O) groups is 3. The maximum absolute atomic E-state index is 12.4. The quantitative estimate of drug-likeness (QED) is 0.743. The summed E-state index contributed by atoms with van der Waals surface area (Å²) in [5, 5.41) is 5.32. The fourth-order valence-electron chi connectivity index (χ4n) is 4.18. The van der Waals surface area contributed by atoms with E-state index >= 15 is 0 Å². The number of ether oxygens (including phenoxy) is 1. The van der Waals surface area contributed by atoms with E-state index in [9.17, 15) is 14.4 Å². The SMILES string of the molecule is COC1(CNC(=O)C(=O)Nc2cccc(N3CCCC3=O)c2)Cc2ccccc2C1. The van der Waals surface area contributed by atoms with Crippen LogP contribution in [-0.4, -0.2) is 43.5 Å². The number of rotatable bonds is 5. The van der Waals surface area contributed by atoms with Gasteiger partial charge in [0.05, 0.1) is 5.60 Å². The molecule has 7 nitrogen and oxygen atoms in total. The molecule has 0 aromatic heterocycles. The molecule has 0 bridgehead atoms. The first-order chi connectivity index (χ1) is 14.5. The molecular formula is C23H25N3O4. The molecule has 1 heterocycles. The fourth-order valence-corrected chi connectivity index (χ4v) is 4.18. The fraction of sp³-hybridized carbons (Fsp3) is 0.348. The van der Waals surface area contributed by atoms with Crippen molar-refractivity contribution in [2.75, 3.05) is 30.4 Å². The van der Waals surface area contributed by atoms with Crippen molar-refractivity contribution < 1.29 is 19.1 Å². The van der Waals surface area contributed by atoms with Gasteiger partial charge in [-0.2, -0.15) is 0 Å². The van der Waals surface area contributed by atoms with Gasteiger partial charge in [-0.3, -0.25) is 14.4 Å². The number of anilines is 2. The molecule has 0 atom stereocenters. The molecule has 1 fully saturated rings. The zero-order chi connectivity index (χ0) is 21.1. The number of nitrogens with one attached hydrogen (secondary N) is 2. The van der Waals surface area contributed by atoms with E-state index in [-0.39, 0.29) is 12.5 Å². The molecule has 0 saturated carbocycles. The summed E-state index contributed by atoms with van der Waals surface area (Å²) in [5.41, 5.74) is 3.05. The molecule has 0 unspecified atom stereocenters. The number of fused-ring (bicyclic) bond motifs is 1. The minimum Gasteiger partial charge on any atom is -0.376 e. The van der Waals surface area contributed by atoms with Crippen LogP contribution < -0.4 is 15.5 Å². The molecule has 0 spiro atoms. The summed E-state index contributed by atoms with van der Waals surface area (Å²) < 4.78 is 5.73. The second-order valence-electron chi connectivity index (χ2n) is 7.85. The number of methoxy groups -OCH3 is 1. The Morgan fingerprint density at radius 1 is 1.07 bits per heavy atom. The molecule has 4 rings (SSSR count). The third kappa shape index (κ3) is 4.07. The lowest BCUT2D eigenvalue weighted by atomic mass is 10.00. The molecule has 2 aliphatic rings.